The van der Waals surface area contributed by atoms with Crippen LogP contribution in [0.3, 0.4) is 0 Å². The molecule has 0 spiro atoms. The second-order valence-corrected chi connectivity index (χ2v) is 3.96. The van der Waals surface area contributed by atoms with Crippen molar-refractivity contribution in [3.8, 4) is 0 Å². The van der Waals surface area contributed by atoms with Gasteiger partial charge >= 0.3 is 0 Å². The fraction of sp³-hybridized carbons (Fsp3) is 0.308. The van der Waals surface area contributed by atoms with Gasteiger partial charge in [-0.1, -0.05) is 18.2 Å². The van der Waals surface area contributed by atoms with Gasteiger partial charge in [0.25, 0.3) is 5.56 Å². The number of rotatable bonds is 3. The predicted octanol–water partition coefficient (Wildman–Crippen LogP) is 1.60. The van der Waals surface area contributed by atoms with Crippen molar-refractivity contribution in [3.05, 3.63) is 45.7 Å². The molecule has 16 heavy (non-hydrogen) atoms. The number of benzene rings is 1. The van der Waals surface area contributed by atoms with Crippen molar-refractivity contribution < 1.29 is 0 Å². The van der Waals surface area contributed by atoms with E-state index in [1.54, 1.807) is 0 Å². The maximum absolute atomic E-state index is 11.9. The molecule has 2 rings (SSSR count). The number of likely N-dealkylation sites (N-methyl/N-ethyl adjacent to an activating group) is 1. The number of aromatic nitrogens is 1. The van der Waals surface area contributed by atoms with Crippen LogP contribution in [0.1, 0.15) is 11.1 Å². The van der Waals surface area contributed by atoms with Crippen LogP contribution in [-0.2, 0) is 6.42 Å². The summed E-state index contributed by atoms with van der Waals surface area (Å²) < 4.78 is 0. The van der Waals surface area contributed by atoms with E-state index in [4.69, 9.17) is 0 Å². The molecule has 0 radical (unpaired) electrons. The topological polar surface area (TPSA) is 44.9 Å². The molecule has 0 bridgehead atoms. The van der Waals surface area contributed by atoms with E-state index in [1.807, 2.05) is 38.2 Å². The zero-order chi connectivity index (χ0) is 11.5. The van der Waals surface area contributed by atoms with Gasteiger partial charge in [0.1, 0.15) is 0 Å². The van der Waals surface area contributed by atoms with Gasteiger partial charge in [-0.25, -0.2) is 0 Å². The minimum Gasteiger partial charge on any atom is -0.322 e. The summed E-state index contributed by atoms with van der Waals surface area (Å²) in [5, 5.41) is 4.20. The summed E-state index contributed by atoms with van der Waals surface area (Å²) in [7, 11) is 1.89. The first-order valence-corrected chi connectivity index (χ1v) is 5.49. The zero-order valence-corrected chi connectivity index (χ0v) is 9.63. The molecule has 0 amide bonds. The van der Waals surface area contributed by atoms with Crippen LogP contribution < -0.4 is 10.9 Å². The Labute approximate surface area is 94.5 Å². The standard InChI is InChI=1S/C13H16N2O/c1-9-10-5-3-4-6-12(10)15-13(16)11(9)7-8-14-2/h3-6,14H,7-8H2,1-2H3,(H,15,16). The molecule has 1 heterocycles. The highest BCUT2D eigenvalue weighted by atomic mass is 16.1. The SMILES string of the molecule is CNCCc1c(C)c2ccccc2[nH]c1=O. The normalized spacial score (nSPS) is 10.9. The van der Waals surface area contributed by atoms with Gasteiger partial charge in [-0.15, -0.1) is 0 Å². The average Bonchev–Trinajstić information content (AvgIpc) is 2.29. The number of hydrogen-bond acceptors (Lipinski definition) is 2. The Kier molecular flexibility index (Phi) is 3.06. The molecule has 3 heteroatoms. The Balaban J connectivity index is 2.61. The molecule has 2 aromatic rings. The Bertz CT molecular complexity index is 557. The van der Waals surface area contributed by atoms with Gasteiger partial charge in [-0.2, -0.15) is 0 Å². The number of H-pyrrole nitrogens is 1. The van der Waals surface area contributed by atoms with Crippen LogP contribution >= 0.6 is 0 Å². The summed E-state index contributed by atoms with van der Waals surface area (Å²) in [6.07, 6.45) is 0.766. The molecule has 84 valence electrons. The fourth-order valence-electron chi connectivity index (χ4n) is 2.00. The molecule has 0 fully saturated rings. The lowest BCUT2D eigenvalue weighted by molar-refractivity contribution is 0.783. The lowest BCUT2D eigenvalue weighted by atomic mass is 10.0. The highest BCUT2D eigenvalue weighted by Gasteiger charge is 2.07. The molecular weight excluding hydrogens is 200 g/mol. The lowest BCUT2D eigenvalue weighted by Gasteiger charge is -2.08. The summed E-state index contributed by atoms with van der Waals surface area (Å²) in [5.41, 5.74) is 2.92. The summed E-state index contributed by atoms with van der Waals surface area (Å²) in [6.45, 7) is 2.84. The molecule has 0 aliphatic rings. The number of pyridine rings is 1. The molecule has 0 aliphatic heterocycles. The van der Waals surface area contributed by atoms with Gasteiger partial charge in [-0.3, -0.25) is 4.79 Å². The first-order chi connectivity index (χ1) is 7.74. The van der Waals surface area contributed by atoms with E-state index < -0.39 is 0 Å². The summed E-state index contributed by atoms with van der Waals surface area (Å²) in [5.74, 6) is 0. The van der Waals surface area contributed by atoms with Crippen LogP contribution in [0, 0.1) is 6.92 Å². The Morgan fingerprint density at radius 3 is 2.81 bits per heavy atom. The van der Waals surface area contributed by atoms with Crippen molar-refractivity contribution in [2.75, 3.05) is 13.6 Å². The molecule has 0 atom stereocenters. The van der Waals surface area contributed by atoms with Crippen molar-refractivity contribution in [3.63, 3.8) is 0 Å². The third-order valence-electron chi connectivity index (χ3n) is 2.93. The lowest BCUT2D eigenvalue weighted by Crippen LogP contribution is -2.20. The van der Waals surface area contributed by atoms with Crippen molar-refractivity contribution in [1.82, 2.24) is 10.3 Å². The molecule has 3 nitrogen and oxygen atoms in total. The van der Waals surface area contributed by atoms with Crippen LogP contribution in [0.2, 0.25) is 0 Å². The van der Waals surface area contributed by atoms with E-state index >= 15 is 0 Å². The third-order valence-corrected chi connectivity index (χ3v) is 2.93. The summed E-state index contributed by atoms with van der Waals surface area (Å²) >= 11 is 0. The molecule has 0 saturated carbocycles. The number of nitrogens with one attached hydrogen (secondary N) is 2. The van der Waals surface area contributed by atoms with Crippen molar-refractivity contribution in [1.29, 1.82) is 0 Å². The van der Waals surface area contributed by atoms with Gasteiger partial charge in [-0.05, 0) is 38.6 Å². The fourth-order valence-corrected chi connectivity index (χ4v) is 2.00. The van der Waals surface area contributed by atoms with Gasteiger partial charge in [0.05, 0.1) is 0 Å². The molecule has 1 aromatic heterocycles. The van der Waals surface area contributed by atoms with Gasteiger partial charge in [0.15, 0.2) is 0 Å². The number of aromatic amines is 1. The second kappa shape index (κ2) is 4.49. The van der Waals surface area contributed by atoms with Crippen molar-refractivity contribution in [2.45, 2.75) is 13.3 Å². The maximum Gasteiger partial charge on any atom is 0.251 e. The van der Waals surface area contributed by atoms with Crippen molar-refractivity contribution in [2.24, 2.45) is 0 Å². The quantitative estimate of drug-likeness (QED) is 0.818. The maximum atomic E-state index is 11.9. The van der Waals surface area contributed by atoms with Crippen LogP contribution in [0.15, 0.2) is 29.1 Å². The van der Waals surface area contributed by atoms with E-state index in [0.29, 0.717) is 0 Å². The van der Waals surface area contributed by atoms with E-state index in [1.165, 1.54) is 0 Å². The van der Waals surface area contributed by atoms with Gasteiger partial charge in [0, 0.05) is 16.5 Å². The van der Waals surface area contributed by atoms with Gasteiger partial charge < -0.3 is 10.3 Å². The van der Waals surface area contributed by atoms with E-state index in [2.05, 4.69) is 10.3 Å². The number of hydrogen-bond donors (Lipinski definition) is 2. The zero-order valence-electron chi connectivity index (χ0n) is 9.63. The smallest absolute Gasteiger partial charge is 0.251 e. The highest BCUT2D eigenvalue weighted by molar-refractivity contribution is 5.82. The van der Waals surface area contributed by atoms with E-state index in [-0.39, 0.29) is 5.56 Å². The monoisotopic (exact) mass is 216 g/mol. The van der Waals surface area contributed by atoms with Gasteiger partial charge in [0.2, 0.25) is 0 Å². The second-order valence-electron chi connectivity index (χ2n) is 3.96. The Morgan fingerprint density at radius 1 is 1.31 bits per heavy atom. The first-order valence-electron chi connectivity index (χ1n) is 5.49. The van der Waals surface area contributed by atoms with Crippen LogP contribution in [0.4, 0.5) is 0 Å². The molecule has 2 N–H and O–H groups in total. The number of para-hydroxylation sites is 1. The molecular formula is C13H16N2O. The van der Waals surface area contributed by atoms with Crippen LogP contribution in [0.25, 0.3) is 10.9 Å². The molecule has 1 aromatic carbocycles. The predicted molar refractivity (Wildman–Crippen MR) is 66.9 cm³/mol. The molecule has 0 unspecified atom stereocenters. The van der Waals surface area contributed by atoms with E-state index in [0.717, 1.165) is 35.0 Å². The average molecular weight is 216 g/mol. The summed E-state index contributed by atoms with van der Waals surface area (Å²) in [6, 6.07) is 7.91. The highest BCUT2D eigenvalue weighted by Crippen LogP contribution is 2.16. The van der Waals surface area contributed by atoms with Crippen LogP contribution in [-0.4, -0.2) is 18.6 Å². The van der Waals surface area contributed by atoms with Crippen LogP contribution in [0.5, 0.6) is 0 Å². The largest absolute Gasteiger partial charge is 0.322 e. The van der Waals surface area contributed by atoms with E-state index in [9.17, 15) is 4.79 Å². The summed E-state index contributed by atoms with van der Waals surface area (Å²) in [4.78, 5) is 14.8. The molecule has 0 aliphatic carbocycles. The van der Waals surface area contributed by atoms with Crippen molar-refractivity contribution >= 4 is 10.9 Å². The first kappa shape index (κ1) is 10.9. The third kappa shape index (κ3) is 1.86. The Hall–Kier alpha value is -1.61. The minimum absolute atomic E-state index is 0.0338. The Morgan fingerprint density at radius 2 is 2.06 bits per heavy atom. The number of aryl methyl sites for hydroxylation is 1. The minimum atomic E-state index is 0.0338. The number of fused-ring (bicyclic) bond motifs is 1. The molecule has 0 saturated heterocycles.